The normalized spacial score (nSPS) is 24.0. The lowest BCUT2D eigenvalue weighted by atomic mass is 9.79. The van der Waals surface area contributed by atoms with Crippen LogP contribution >= 0.6 is 0 Å². The first-order chi connectivity index (χ1) is 10.9. The molecule has 7 heteroatoms. The summed E-state index contributed by atoms with van der Waals surface area (Å²) in [5.41, 5.74) is -0.0268. The SMILES string of the molecule is CCCn1c(=O)[nH]c2c(c1=O)CC[C@H](C1CCC(F)(F)CC1)N2. The quantitative estimate of drug-likeness (QED) is 0.896. The standard InChI is InChI=1S/C16H23F2N3O2/c1-2-9-21-14(22)11-3-4-12(19-13(11)20-15(21)23)10-5-7-16(17,18)8-6-10/h10,12,19H,2-9H2,1H3,(H,20,23)/t12-/m1/s1. The van der Waals surface area contributed by atoms with Crippen LogP contribution in [0.1, 0.15) is 51.0 Å². The van der Waals surface area contributed by atoms with E-state index in [1.165, 1.54) is 4.57 Å². The van der Waals surface area contributed by atoms with Gasteiger partial charge in [0.05, 0.1) is 5.56 Å². The van der Waals surface area contributed by atoms with Crippen LogP contribution in [0.15, 0.2) is 9.59 Å². The van der Waals surface area contributed by atoms with Gasteiger partial charge in [0.2, 0.25) is 5.92 Å². The summed E-state index contributed by atoms with van der Waals surface area (Å²) in [6, 6.07) is 0.0516. The van der Waals surface area contributed by atoms with E-state index in [0.717, 1.165) is 6.42 Å². The van der Waals surface area contributed by atoms with Gasteiger partial charge in [-0.05, 0) is 38.0 Å². The maximum atomic E-state index is 13.3. The summed E-state index contributed by atoms with van der Waals surface area (Å²) in [7, 11) is 0. The molecule has 0 saturated heterocycles. The van der Waals surface area contributed by atoms with Crippen molar-refractivity contribution in [1.82, 2.24) is 9.55 Å². The molecule has 0 aromatic carbocycles. The highest BCUT2D eigenvalue weighted by Crippen LogP contribution is 2.39. The van der Waals surface area contributed by atoms with Crippen LogP contribution in [-0.4, -0.2) is 21.5 Å². The molecular weight excluding hydrogens is 304 g/mol. The number of H-pyrrole nitrogens is 1. The lowest BCUT2D eigenvalue weighted by Gasteiger charge is -2.37. The molecule has 1 aliphatic carbocycles. The molecule has 1 aromatic heterocycles. The van der Waals surface area contributed by atoms with Crippen LogP contribution in [0.5, 0.6) is 0 Å². The Hall–Kier alpha value is -1.66. The summed E-state index contributed by atoms with van der Waals surface area (Å²) in [4.78, 5) is 27.2. The zero-order valence-corrected chi connectivity index (χ0v) is 13.3. The van der Waals surface area contributed by atoms with Crippen molar-refractivity contribution >= 4 is 5.82 Å². The second-order valence-electron chi connectivity index (χ2n) is 6.72. The van der Waals surface area contributed by atoms with Crippen LogP contribution in [0.2, 0.25) is 0 Å². The average molecular weight is 327 g/mol. The Morgan fingerprint density at radius 3 is 2.57 bits per heavy atom. The van der Waals surface area contributed by atoms with Crippen molar-refractivity contribution < 1.29 is 8.78 Å². The number of aromatic amines is 1. The smallest absolute Gasteiger partial charge is 0.329 e. The predicted octanol–water partition coefficient (Wildman–Crippen LogP) is 2.50. The highest BCUT2D eigenvalue weighted by atomic mass is 19.3. The average Bonchev–Trinajstić information content (AvgIpc) is 2.51. The highest BCUT2D eigenvalue weighted by Gasteiger charge is 2.38. The number of rotatable bonds is 3. The molecule has 0 spiro atoms. The summed E-state index contributed by atoms with van der Waals surface area (Å²) in [5.74, 6) is -1.88. The van der Waals surface area contributed by atoms with Gasteiger partial charge in [0, 0.05) is 25.4 Å². The Kier molecular flexibility index (Phi) is 4.29. The van der Waals surface area contributed by atoms with Crippen molar-refractivity contribution in [3.63, 3.8) is 0 Å². The van der Waals surface area contributed by atoms with Gasteiger partial charge < -0.3 is 5.32 Å². The fourth-order valence-corrected chi connectivity index (χ4v) is 3.77. The molecule has 5 nitrogen and oxygen atoms in total. The summed E-state index contributed by atoms with van der Waals surface area (Å²) in [6.07, 6.45) is 2.87. The number of aromatic nitrogens is 2. The lowest BCUT2D eigenvalue weighted by molar-refractivity contribution is -0.0478. The van der Waals surface area contributed by atoms with E-state index >= 15 is 0 Å². The van der Waals surface area contributed by atoms with E-state index in [1.807, 2.05) is 6.92 Å². The number of anilines is 1. The van der Waals surface area contributed by atoms with Crippen molar-refractivity contribution in [1.29, 1.82) is 0 Å². The van der Waals surface area contributed by atoms with Gasteiger partial charge >= 0.3 is 5.69 Å². The molecule has 3 rings (SSSR count). The number of hydrogen-bond donors (Lipinski definition) is 2. The third kappa shape index (κ3) is 3.19. The maximum absolute atomic E-state index is 13.3. The molecule has 2 heterocycles. The van der Waals surface area contributed by atoms with Crippen molar-refractivity contribution in [3.8, 4) is 0 Å². The molecule has 0 radical (unpaired) electrons. The molecule has 0 bridgehead atoms. The number of fused-ring (bicyclic) bond motifs is 1. The van der Waals surface area contributed by atoms with Gasteiger partial charge in [0.1, 0.15) is 5.82 Å². The monoisotopic (exact) mass is 327 g/mol. The second kappa shape index (κ2) is 6.09. The van der Waals surface area contributed by atoms with E-state index in [1.54, 1.807) is 0 Å². The van der Waals surface area contributed by atoms with E-state index in [0.29, 0.717) is 43.6 Å². The largest absolute Gasteiger partial charge is 0.368 e. The van der Waals surface area contributed by atoms with Crippen LogP contribution in [0.3, 0.4) is 0 Å². The molecule has 0 unspecified atom stereocenters. The second-order valence-corrected chi connectivity index (χ2v) is 6.72. The first-order valence-electron chi connectivity index (χ1n) is 8.41. The molecule has 0 amide bonds. The molecule has 1 fully saturated rings. The van der Waals surface area contributed by atoms with Gasteiger partial charge in [0.25, 0.3) is 5.56 Å². The Balaban J connectivity index is 1.79. The fraction of sp³-hybridized carbons (Fsp3) is 0.750. The number of hydrogen-bond acceptors (Lipinski definition) is 3. The van der Waals surface area contributed by atoms with Crippen LogP contribution in [-0.2, 0) is 13.0 Å². The Morgan fingerprint density at radius 2 is 1.91 bits per heavy atom. The van der Waals surface area contributed by atoms with E-state index in [2.05, 4.69) is 10.3 Å². The minimum Gasteiger partial charge on any atom is -0.368 e. The van der Waals surface area contributed by atoms with E-state index in [4.69, 9.17) is 0 Å². The number of nitrogens with one attached hydrogen (secondary N) is 2. The van der Waals surface area contributed by atoms with Crippen molar-refractivity contribution in [2.75, 3.05) is 5.32 Å². The summed E-state index contributed by atoms with van der Waals surface area (Å²) >= 11 is 0. The molecule has 1 atom stereocenters. The summed E-state index contributed by atoms with van der Waals surface area (Å²) in [6.45, 7) is 2.32. The number of halogens is 2. The molecule has 2 N–H and O–H groups in total. The first-order valence-corrected chi connectivity index (χ1v) is 8.41. The van der Waals surface area contributed by atoms with Gasteiger partial charge in [-0.15, -0.1) is 0 Å². The van der Waals surface area contributed by atoms with Crippen molar-refractivity contribution in [2.24, 2.45) is 5.92 Å². The van der Waals surface area contributed by atoms with Crippen molar-refractivity contribution in [3.05, 3.63) is 26.4 Å². The maximum Gasteiger partial charge on any atom is 0.329 e. The molecule has 1 saturated carbocycles. The molecule has 1 aromatic rings. The molecule has 1 aliphatic heterocycles. The van der Waals surface area contributed by atoms with E-state index < -0.39 is 11.6 Å². The van der Waals surface area contributed by atoms with Gasteiger partial charge in [-0.1, -0.05) is 6.92 Å². The summed E-state index contributed by atoms with van der Waals surface area (Å²) in [5, 5.41) is 3.23. The van der Waals surface area contributed by atoms with Crippen molar-refractivity contribution in [2.45, 2.75) is 70.4 Å². The Morgan fingerprint density at radius 1 is 1.22 bits per heavy atom. The van der Waals surface area contributed by atoms with Gasteiger partial charge in [-0.3, -0.25) is 14.3 Å². The Bertz CT molecular complexity index is 686. The number of nitrogens with zero attached hydrogens (tertiary/aromatic N) is 1. The third-order valence-corrected chi connectivity index (χ3v) is 5.10. The van der Waals surface area contributed by atoms with Crippen LogP contribution in [0, 0.1) is 5.92 Å². The van der Waals surface area contributed by atoms with Gasteiger partial charge in [-0.2, -0.15) is 0 Å². The van der Waals surface area contributed by atoms with Crippen LogP contribution in [0.4, 0.5) is 14.6 Å². The molecular formula is C16H23F2N3O2. The molecule has 128 valence electrons. The fourth-order valence-electron chi connectivity index (χ4n) is 3.77. The predicted molar refractivity (Wildman–Crippen MR) is 84.3 cm³/mol. The van der Waals surface area contributed by atoms with Crippen LogP contribution in [0.25, 0.3) is 0 Å². The van der Waals surface area contributed by atoms with Gasteiger partial charge in [-0.25, -0.2) is 13.6 Å². The van der Waals surface area contributed by atoms with Crippen LogP contribution < -0.4 is 16.6 Å². The zero-order chi connectivity index (χ0) is 16.6. The lowest BCUT2D eigenvalue weighted by Crippen LogP contribution is -2.44. The minimum atomic E-state index is -2.54. The van der Waals surface area contributed by atoms with Gasteiger partial charge in [0.15, 0.2) is 0 Å². The minimum absolute atomic E-state index is 0.0516. The Labute approximate surface area is 133 Å². The molecule has 23 heavy (non-hydrogen) atoms. The summed E-state index contributed by atoms with van der Waals surface area (Å²) < 4.78 is 27.8. The highest BCUT2D eigenvalue weighted by molar-refractivity contribution is 5.46. The number of alkyl halides is 2. The third-order valence-electron chi connectivity index (χ3n) is 5.10. The molecule has 2 aliphatic rings. The topological polar surface area (TPSA) is 66.9 Å². The first kappa shape index (κ1) is 16.2. The van der Waals surface area contributed by atoms with E-state index in [-0.39, 0.29) is 30.4 Å². The zero-order valence-electron chi connectivity index (χ0n) is 13.3. The van der Waals surface area contributed by atoms with E-state index in [9.17, 15) is 18.4 Å².